The zero-order valence-corrected chi connectivity index (χ0v) is 20.7. The summed E-state index contributed by atoms with van der Waals surface area (Å²) in [5.74, 6) is -6.22. The Hall–Kier alpha value is -2.30. The summed E-state index contributed by atoms with van der Waals surface area (Å²) in [6.07, 6.45) is 2.56. The molecule has 0 aliphatic heterocycles. The first-order chi connectivity index (χ1) is 16.2. The average molecular weight is 575 g/mol. The standard InChI is InChI=1S/C19H30O2.2C2HF3O2.Ni/c1-2-3-4-5-6-7-8-9-10-14-17-21-19(20)18-15-12-11-13-16-18;2*3-2(4,5)1(6)7;/h11-13,15-16H,2-10,14,17H2,1H3;2*(H,6,7);/q;;;+2/p-2. The number of carbonyl (C=O) groups excluding carboxylic acids is 3. The summed E-state index contributed by atoms with van der Waals surface area (Å²) < 4.78 is 68.4. The number of esters is 1. The second-order valence-corrected chi connectivity index (χ2v) is 7.25. The van der Waals surface area contributed by atoms with Crippen molar-refractivity contribution in [3.8, 4) is 0 Å². The number of carboxylic acid groups (broad SMARTS) is 2. The van der Waals surface area contributed by atoms with Crippen LogP contribution >= 0.6 is 0 Å². The maximum Gasteiger partial charge on any atom is 2.00 e. The van der Waals surface area contributed by atoms with Gasteiger partial charge < -0.3 is 24.5 Å². The van der Waals surface area contributed by atoms with Crippen molar-refractivity contribution in [1.29, 1.82) is 0 Å². The van der Waals surface area contributed by atoms with Gasteiger partial charge in [0.2, 0.25) is 0 Å². The molecule has 0 fully saturated rings. The molecule has 0 spiro atoms. The maximum absolute atomic E-state index is 11.7. The average Bonchev–Trinajstić information content (AvgIpc) is 2.77. The predicted octanol–water partition coefficient (Wildman–Crippen LogP) is 4.36. The third-order valence-electron chi connectivity index (χ3n) is 4.20. The Morgan fingerprint density at radius 3 is 1.36 bits per heavy atom. The second kappa shape index (κ2) is 21.9. The largest absolute Gasteiger partial charge is 2.00 e. The van der Waals surface area contributed by atoms with Crippen molar-refractivity contribution in [2.24, 2.45) is 0 Å². The Balaban J connectivity index is -0.000000599. The number of alkyl halides is 6. The number of hydrogen-bond acceptors (Lipinski definition) is 6. The molecule has 0 heterocycles. The van der Waals surface area contributed by atoms with Crippen LogP contribution in [0, 0.1) is 0 Å². The molecule has 6 nitrogen and oxygen atoms in total. The minimum atomic E-state index is -5.19. The second-order valence-electron chi connectivity index (χ2n) is 7.25. The van der Waals surface area contributed by atoms with Crippen LogP contribution in [-0.4, -0.2) is 36.9 Å². The number of ether oxygens (including phenoxy) is 1. The van der Waals surface area contributed by atoms with Crippen molar-refractivity contribution in [3.63, 3.8) is 0 Å². The van der Waals surface area contributed by atoms with E-state index in [0.29, 0.717) is 12.2 Å². The summed E-state index contributed by atoms with van der Waals surface area (Å²) in [5.41, 5.74) is 0.643. The molecule has 0 radical (unpaired) electrons. The molecule has 210 valence electrons. The monoisotopic (exact) mass is 574 g/mol. The van der Waals surface area contributed by atoms with Gasteiger partial charge in [-0.15, -0.1) is 0 Å². The molecule has 0 N–H and O–H groups in total. The first-order valence-corrected chi connectivity index (χ1v) is 11.0. The van der Waals surface area contributed by atoms with Crippen LogP contribution in [0.1, 0.15) is 81.5 Å². The SMILES string of the molecule is CCCCCCCCCCCCOC(=O)c1ccccc1.O=C([O-])C(F)(F)F.O=C([O-])C(F)(F)F.[Ni+2]. The van der Waals surface area contributed by atoms with Crippen LogP contribution in [0.2, 0.25) is 0 Å². The Labute approximate surface area is 216 Å². The van der Waals surface area contributed by atoms with Crippen LogP contribution in [0.15, 0.2) is 30.3 Å². The molecule has 0 bridgehead atoms. The molecular formula is C23H30F6NiO6. The van der Waals surface area contributed by atoms with E-state index in [1.54, 1.807) is 12.1 Å². The molecule has 36 heavy (non-hydrogen) atoms. The van der Waals surface area contributed by atoms with Crippen molar-refractivity contribution in [3.05, 3.63) is 35.9 Å². The summed E-state index contributed by atoms with van der Waals surface area (Å²) in [7, 11) is 0. The first kappa shape index (κ1) is 38.2. The molecule has 0 amide bonds. The molecule has 0 atom stereocenters. The van der Waals surface area contributed by atoms with Crippen LogP contribution in [0.5, 0.6) is 0 Å². The minimum Gasteiger partial charge on any atom is -0.542 e. The number of rotatable bonds is 12. The Morgan fingerprint density at radius 1 is 0.694 bits per heavy atom. The van der Waals surface area contributed by atoms with Gasteiger partial charge in [-0.25, -0.2) is 4.79 Å². The van der Waals surface area contributed by atoms with Gasteiger partial charge in [-0.2, -0.15) is 26.3 Å². The van der Waals surface area contributed by atoms with Crippen LogP contribution in [-0.2, 0) is 30.8 Å². The van der Waals surface area contributed by atoms with Gasteiger partial charge in [-0.1, -0.05) is 82.9 Å². The van der Waals surface area contributed by atoms with E-state index in [0.717, 1.165) is 12.8 Å². The zero-order chi connectivity index (χ0) is 27.3. The molecule has 13 heteroatoms. The van der Waals surface area contributed by atoms with E-state index in [9.17, 15) is 31.1 Å². The van der Waals surface area contributed by atoms with E-state index in [-0.39, 0.29) is 22.5 Å². The van der Waals surface area contributed by atoms with Gasteiger partial charge >= 0.3 is 34.8 Å². The summed E-state index contributed by atoms with van der Waals surface area (Å²) in [6.45, 7) is 2.80. The van der Waals surface area contributed by atoms with Crippen molar-refractivity contribution >= 4 is 17.9 Å². The van der Waals surface area contributed by atoms with Gasteiger partial charge in [0.25, 0.3) is 0 Å². The zero-order valence-electron chi connectivity index (χ0n) is 19.7. The number of hydrogen-bond donors (Lipinski definition) is 0. The smallest absolute Gasteiger partial charge is 0.542 e. The van der Waals surface area contributed by atoms with E-state index >= 15 is 0 Å². The molecule has 1 aromatic rings. The molecule has 0 saturated carbocycles. The quantitative estimate of drug-likeness (QED) is 0.159. The molecule has 0 saturated heterocycles. The van der Waals surface area contributed by atoms with E-state index in [2.05, 4.69) is 6.92 Å². The minimum absolute atomic E-state index is 0. The molecule has 0 unspecified atom stereocenters. The van der Waals surface area contributed by atoms with Crippen LogP contribution in [0.25, 0.3) is 0 Å². The van der Waals surface area contributed by atoms with Gasteiger partial charge in [-0.3, -0.25) is 0 Å². The molecule has 0 aliphatic rings. The fraction of sp³-hybridized carbons (Fsp3) is 0.609. The first-order valence-electron chi connectivity index (χ1n) is 11.0. The normalized spacial score (nSPS) is 10.5. The van der Waals surface area contributed by atoms with Crippen LogP contribution < -0.4 is 10.2 Å². The summed E-state index contributed by atoms with van der Waals surface area (Å²) >= 11 is 0. The van der Waals surface area contributed by atoms with E-state index in [4.69, 9.17) is 24.5 Å². The predicted molar refractivity (Wildman–Crippen MR) is 111 cm³/mol. The molecule has 0 aliphatic carbocycles. The van der Waals surface area contributed by atoms with Crippen molar-refractivity contribution in [2.75, 3.05) is 6.61 Å². The number of unbranched alkanes of at least 4 members (excludes halogenated alkanes) is 9. The number of carboxylic acids is 2. The topological polar surface area (TPSA) is 107 Å². The van der Waals surface area contributed by atoms with Crippen molar-refractivity contribution in [2.45, 2.75) is 83.5 Å². The fourth-order valence-electron chi connectivity index (χ4n) is 2.41. The number of carbonyl (C=O) groups is 3. The van der Waals surface area contributed by atoms with Gasteiger partial charge in [0.15, 0.2) is 0 Å². The Kier molecular flexibility index (Phi) is 23.3. The van der Waals surface area contributed by atoms with Gasteiger partial charge in [0.05, 0.1) is 12.2 Å². The maximum atomic E-state index is 11.7. The number of halogens is 6. The van der Waals surface area contributed by atoms with Crippen LogP contribution in [0.4, 0.5) is 26.3 Å². The van der Waals surface area contributed by atoms with Crippen LogP contribution in [0.3, 0.4) is 0 Å². The number of benzene rings is 1. The summed E-state index contributed by atoms with van der Waals surface area (Å²) in [5, 5.41) is 17.6. The third-order valence-corrected chi connectivity index (χ3v) is 4.20. The molecular weight excluding hydrogens is 545 g/mol. The van der Waals surface area contributed by atoms with E-state index < -0.39 is 24.3 Å². The van der Waals surface area contributed by atoms with Gasteiger partial charge in [0, 0.05) is 0 Å². The third kappa shape index (κ3) is 24.8. The summed E-state index contributed by atoms with van der Waals surface area (Å²) in [6, 6.07) is 9.20. The van der Waals surface area contributed by atoms with E-state index in [1.165, 1.54) is 51.4 Å². The van der Waals surface area contributed by atoms with Gasteiger partial charge in [0.1, 0.15) is 11.9 Å². The van der Waals surface area contributed by atoms with Gasteiger partial charge in [-0.05, 0) is 18.6 Å². The molecule has 1 aromatic carbocycles. The molecule has 1 rings (SSSR count). The summed E-state index contributed by atoms with van der Waals surface area (Å²) in [4.78, 5) is 29.3. The Bertz CT molecular complexity index is 687. The fourth-order valence-corrected chi connectivity index (χ4v) is 2.41. The molecule has 0 aromatic heterocycles. The Morgan fingerprint density at radius 2 is 1.03 bits per heavy atom. The van der Waals surface area contributed by atoms with E-state index in [1.807, 2.05) is 18.2 Å². The number of aliphatic carboxylic acids is 2. The van der Waals surface area contributed by atoms with Crippen molar-refractivity contribution < 1.29 is 72.2 Å². The van der Waals surface area contributed by atoms with Crippen molar-refractivity contribution in [1.82, 2.24) is 0 Å².